The van der Waals surface area contributed by atoms with Gasteiger partial charge in [-0.15, -0.1) is 0 Å². The first kappa shape index (κ1) is 10.3. The van der Waals surface area contributed by atoms with Gasteiger partial charge in [-0.3, -0.25) is 14.7 Å². The van der Waals surface area contributed by atoms with Gasteiger partial charge in [0.15, 0.2) is 0 Å². The molecule has 1 atom stereocenters. The van der Waals surface area contributed by atoms with Crippen molar-refractivity contribution in [1.29, 1.82) is 0 Å². The lowest BCUT2D eigenvalue weighted by Gasteiger charge is -2.22. The quantitative estimate of drug-likeness (QED) is 0.750. The number of likely N-dealkylation sites (N-methyl/N-ethyl adjacent to an activating group) is 1. The molecule has 3 heteroatoms. The van der Waals surface area contributed by atoms with Crippen LogP contribution in [0.3, 0.4) is 0 Å². The molecule has 0 amide bonds. The van der Waals surface area contributed by atoms with Crippen molar-refractivity contribution >= 4 is 5.78 Å². The molecule has 80 valence electrons. The van der Waals surface area contributed by atoms with Crippen molar-refractivity contribution < 1.29 is 4.79 Å². The first-order chi connectivity index (χ1) is 7.27. The summed E-state index contributed by atoms with van der Waals surface area (Å²) in [7, 11) is 2.01. The van der Waals surface area contributed by atoms with Crippen LogP contribution in [0.4, 0.5) is 0 Å². The van der Waals surface area contributed by atoms with Crippen LogP contribution >= 0.6 is 0 Å². The van der Waals surface area contributed by atoms with Gasteiger partial charge in [0.1, 0.15) is 5.78 Å². The minimum Gasteiger partial charge on any atom is -0.298 e. The van der Waals surface area contributed by atoms with Gasteiger partial charge in [-0.05, 0) is 31.5 Å². The number of hydrogen-bond donors (Lipinski definition) is 0. The van der Waals surface area contributed by atoms with Crippen molar-refractivity contribution in [2.45, 2.75) is 31.8 Å². The minimum atomic E-state index is 0.130. The summed E-state index contributed by atoms with van der Waals surface area (Å²) >= 11 is 0. The summed E-state index contributed by atoms with van der Waals surface area (Å²) in [4.78, 5) is 17.8. The largest absolute Gasteiger partial charge is 0.298 e. The molecule has 0 N–H and O–H groups in total. The fourth-order valence-electron chi connectivity index (χ4n) is 2.15. The van der Waals surface area contributed by atoms with Gasteiger partial charge in [-0.25, -0.2) is 0 Å². The Bertz CT molecular complexity index is 337. The summed E-state index contributed by atoms with van der Waals surface area (Å²) in [6.45, 7) is 0.810. The zero-order valence-electron chi connectivity index (χ0n) is 9.02. The monoisotopic (exact) mass is 204 g/mol. The molecule has 2 rings (SSSR count). The van der Waals surface area contributed by atoms with Crippen LogP contribution in [-0.4, -0.2) is 28.8 Å². The first-order valence-electron chi connectivity index (χ1n) is 5.39. The Hall–Kier alpha value is -1.22. The van der Waals surface area contributed by atoms with Crippen LogP contribution in [0, 0.1) is 0 Å². The molecule has 1 saturated carbocycles. The molecule has 1 aliphatic carbocycles. The lowest BCUT2D eigenvalue weighted by molar-refractivity contribution is -0.121. The zero-order chi connectivity index (χ0) is 10.7. The number of Topliss-reactive ketones (excluding diaryl/α,β-unsaturated/α-hetero) is 1. The fourth-order valence-corrected chi connectivity index (χ4v) is 2.15. The van der Waals surface area contributed by atoms with Gasteiger partial charge in [-0.2, -0.15) is 0 Å². The second kappa shape index (κ2) is 4.53. The summed E-state index contributed by atoms with van der Waals surface area (Å²) in [6, 6.07) is 4.10. The molecular formula is C12H16N2O. The number of carbonyl (C=O) groups excluding carboxylic acids is 1. The van der Waals surface area contributed by atoms with Gasteiger partial charge in [0.05, 0.1) is 6.04 Å². The molecule has 1 unspecified atom stereocenters. The highest BCUT2D eigenvalue weighted by Gasteiger charge is 2.27. The van der Waals surface area contributed by atoms with E-state index in [1.807, 2.05) is 25.4 Å². The highest BCUT2D eigenvalue weighted by atomic mass is 16.1. The van der Waals surface area contributed by atoms with Gasteiger partial charge in [-0.1, -0.05) is 6.07 Å². The van der Waals surface area contributed by atoms with E-state index in [4.69, 9.17) is 0 Å². The van der Waals surface area contributed by atoms with Crippen LogP contribution in [0.25, 0.3) is 0 Å². The Morgan fingerprint density at radius 3 is 3.07 bits per heavy atom. The van der Waals surface area contributed by atoms with E-state index in [2.05, 4.69) is 9.88 Å². The van der Waals surface area contributed by atoms with Crippen molar-refractivity contribution in [3.8, 4) is 0 Å². The number of ketones is 1. The zero-order valence-corrected chi connectivity index (χ0v) is 9.02. The lowest BCUT2D eigenvalue weighted by atomic mass is 10.2. The second-order valence-corrected chi connectivity index (χ2v) is 4.15. The van der Waals surface area contributed by atoms with Crippen LogP contribution in [0.15, 0.2) is 24.5 Å². The third kappa shape index (κ3) is 2.42. The minimum absolute atomic E-state index is 0.130. The Labute approximate surface area is 90.1 Å². The van der Waals surface area contributed by atoms with Crippen LogP contribution in [0.5, 0.6) is 0 Å². The molecule has 1 aromatic rings. The first-order valence-corrected chi connectivity index (χ1v) is 5.39. The molecule has 1 aliphatic rings. The van der Waals surface area contributed by atoms with Crippen LogP contribution in [0.2, 0.25) is 0 Å². The number of nitrogens with zero attached hydrogens (tertiary/aromatic N) is 2. The van der Waals surface area contributed by atoms with E-state index in [0.717, 1.165) is 25.8 Å². The van der Waals surface area contributed by atoms with E-state index in [9.17, 15) is 4.79 Å². The summed E-state index contributed by atoms with van der Waals surface area (Å²) in [5.74, 6) is 0.390. The van der Waals surface area contributed by atoms with E-state index in [-0.39, 0.29) is 6.04 Å². The van der Waals surface area contributed by atoms with E-state index in [0.29, 0.717) is 5.78 Å². The van der Waals surface area contributed by atoms with Crippen molar-refractivity contribution in [1.82, 2.24) is 9.88 Å². The highest BCUT2D eigenvalue weighted by Crippen LogP contribution is 2.20. The van der Waals surface area contributed by atoms with Crippen molar-refractivity contribution in [2.24, 2.45) is 0 Å². The molecule has 0 spiro atoms. The maximum atomic E-state index is 11.5. The number of aromatic nitrogens is 1. The molecule has 3 nitrogen and oxygen atoms in total. The highest BCUT2D eigenvalue weighted by molar-refractivity contribution is 5.85. The Morgan fingerprint density at radius 1 is 1.60 bits per heavy atom. The molecule has 1 fully saturated rings. The average molecular weight is 204 g/mol. The lowest BCUT2D eigenvalue weighted by Crippen LogP contribution is -2.34. The van der Waals surface area contributed by atoms with Crippen LogP contribution in [0.1, 0.15) is 24.8 Å². The summed E-state index contributed by atoms with van der Waals surface area (Å²) < 4.78 is 0. The molecule has 1 heterocycles. The normalized spacial score (nSPS) is 21.2. The van der Waals surface area contributed by atoms with Gasteiger partial charge in [0.25, 0.3) is 0 Å². The Morgan fingerprint density at radius 2 is 2.47 bits per heavy atom. The summed E-state index contributed by atoms with van der Waals surface area (Å²) in [5.41, 5.74) is 1.17. The average Bonchev–Trinajstić information content (AvgIpc) is 2.66. The molecule has 15 heavy (non-hydrogen) atoms. The molecule has 0 aliphatic heterocycles. The second-order valence-electron chi connectivity index (χ2n) is 4.15. The smallest absolute Gasteiger partial charge is 0.149 e. The fraction of sp³-hybridized carbons (Fsp3) is 0.500. The number of carbonyl (C=O) groups is 1. The predicted octanol–water partition coefficient (Wildman–Crippen LogP) is 1.64. The molecule has 0 bridgehead atoms. The number of pyridine rings is 1. The Balaban J connectivity index is 1.97. The SMILES string of the molecule is CN(Cc1cccnc1)C1CCCC1=O. The molecular weight excluding hydrogens is 188 g/mol. The predicted molar refractivity (Wildman–Crippen MR) is 58.4 cm³/mol. The van der Waals surface area contributed by atoms with E-state index in [1.165, 1.54) is 5.56 Å². The van der Waals surface area contributed by atoms with Gasteiger partial charge < -0.3 is 0 Å². The van der Waals surface area contributed by atoms with Gasteiger partial charge in [0, 0.05) is 25.4 Å². The molecule has 1 aromatic heterocycles. The van der Waals surface area contributed by atoms with Crippen LogP contribution in [-0.2, 0) is 11.3 Å². The van der Waals surface area contributed by atoms with E-state index >= 15 is 0 Å². The van der Waals surface area contributed by atoms with E-state index < -0.39 is 0 Å². The molecule has 0 radical (unpaired) electrons. The standard InChI is InChI=1S/C12H16N2O/c1-14(11-5-2-6-12(11)15)9-10-4-3-7-13-8-10/h3-4,7-8,11H,2,5-6,9H2,1H3. The Kier molecular flexibility index (Phi) is 3.11. The number of hydrogen-bond acceptors (Lipinski definition) is 3. The van der Waals surface area contributed by atoms with Crippen molar-refractivity contribution in [2.75, 3.05) is 7.05 Å². The number of rotatable bonds is 3. The molecule has 0 saturated heterocycles. The van der Waals surface area contributed by atoms with Crippen LogP contribution < -0.4 is 0 Å². The maximum Gasteiger partial charge on any atom is 0.149 e. The maximum absolute atomic E-state index is 11.5. The van der Waals surface area contributed by atoms with Crippen molar-refractivity contribution in [3.63, 3.8) is 0 Å². The topological polar surface area (TPSA) is 33.2 Å². The molecule has 0 aromatic carbocycles. The van der Waals surface area contributed by atoms with Gasteiger partial charge in [0.2, 0.25) is 0 Å². The third-order valence-corrected chi connectivity index (χ3v) is 2.96. The summed E-state index contributed by atoms with van der Waals surface area (Å²) in [5, 5.41) is 0. The third-order valence-electron chi connectivity index (χ3n) is 2.96. The van der Waals surface area contributed by atoms with Crippen molar-refractivity contribution in [3.05, 3.63) is 30.1 Å². The van der Waals surface area contributed by atoms with Gasteiger partial charge >= 0.3 is 0 Å². The summed E-state index contributed by atoms with van der Waals surface area (Å²) in [6.07, 6.45) is 6.43. The van der Waals surface area contributed by atoms with E-state index in [1.54, 1.807) is 6.20 Å².